The van der Waals surface area contributed by atoms with E-state index in [0.717, 1.165) is 24.3 Å². The fourth-order valence-corrected chi connectivity index (χ4v) is 2.73. The molecule has 0 bridgehead atoms. The van der Waals surface area contributed by atoms with E-state index in [9.17, 15) is 4.79 Å². The molecule has 1 amide bonds. The van der Waals surface area contributed by atoms with Gasteiger partial charge in [0, 0.05) is 25.0 Å². The van der Waals surface area contributed by atoms with E-state index >= 15 is 0 Å². The molecule has 1 aromatic heterocycles. The van der Waals surface area contributed by atoms with Gasteiger partial charge in [-0.1, -0.05) is 42.5 Å². The summed E-state index contributed by atoms with van der Waals surface area (Å²) in [5.74, 6) is 0.0360. The number of benzene rings is 2. The van der Waals surface area contributed by atoms with Crippen LogP contribution in [0.15, 0.2) is 78.0 Å². The van der Waals surface area contributed by atoms with Crippen LogP contribution in [-0.4, -0.2) is 23.7 Å². The number of aromatic nitrogens is 1. The number of nitrogens with zero attached hydrogens (tertiary/aromatic N) is 3. The van der Waals surface area contributed by atoms with Gasteiger partial charge in [-0.15, -0.1) is 0 Å². The lowest BCUT2D eigenvalue weighted by Gasteiger charge is -2.23. The van der Waals surface area contributed by atoms with E-state index in [-0.39, 0.29) is 5.91 Å². The number of carbonyl (C=O) groups excluding carboxylic acids is 1. The number of nitrogens with two attached hydrogens (primary N) is 1. The molecule has 6 heteroatoms. The highest BCUT2D eigenvalue weighted by atomic mass is 16.2. The second-order valence-electron chi connectivity index (χ2n) is 6.26. The maximum Gasteiger partial charge on any atom is 0.272 e. The Labute approximate surface area is 164 Å². The van der Waals surface area contributed by atoms with Crippen LogP contribution >= 0.6 is 0 Å². The van der Waals surface area contributed by atoms with E-state index in [1.807, 2.05) is 18.2 Å². The molecule has 0 saturated heterocycles. The van der Waals surface area contributed by atoms with Gasteiger partial charge < -0.3 is 10.6 Å². The van der Waals surface area contributed by atoms with Crippen molar-refractivity contribution in [3.05, 3.63) is 89.6 Å². The molecule has 0 aliphatic carbocycles. The van der Waals surface area contributed by atoms with Crippen molar-refractivity contribution in [2.24, 2.45) is 5.10 Å². The van der Waals surface area contributed by atoms with Crippen molar-refractivity contribution in [3.63, 3.8) is 0 Å². The predicted octanol–water partition coefficient (Wildman–Crippen LogP) is 3.45. The van der Waals surface area contributed by atoms with Crippen LogP contribution in [0.1, 0.15) is 28.4 Å². The summed E-state index contributed by atoms with van der Waals surface area (Å²) in [6.07, 6.45) is 3.03. The molecule has 0 aliphatic rings. The molecule has 0 radical (unpaired) electrons. The molecule has 28 heavy (non-hydrogen) atoms. The lowest BCUT2D eigenvalue weighted by molar-refractivity contribution is 0.0955. The minimum atomic E-state index is -0.333. The first-order valence-corrected chi connectivity index (χ1v) is 9.09. The number of amides is 1. The van der Waals surface area contributed by atoms with Crippen LogP contribution in [0.4, 0.5) is 11.5 Å². The largest absolute Gasteiger partial charge is 0.384 e. The smallest absolute Gasteiger partial charge is 0.272 e. The second-order valence-corrected chi connectivity index (χ2v) is 6.26. The lowest BCUT2D eigenvalue weighted by atomic mass is 10.1. The Kier molecular flexibility index (Phi) is 6.36. The number of hydrazone groups is 1. The van der Waals surface area contributed by atoms with E-state index in [1.165, 1.54) is 11.8 Å². The van der Waals surface area contributed by atoms with E-state index in [1.54, 1.807) is 18.3 Å². The first-order valence-electron chi connectivity index (χ1n) is 9.09. The monoisotopic (exact) mass is 373 g/mol. The highest BCUT2D eigenvalue weighted by Gasteiger charge is 2.06. The van der Waals surface area contributed by atoms with E-state index < -0.39 is 0 Å². The molecule has 0 unspecified atom stereocenters. The number of carbonyl (C=O) groups is 1. The van der Waals surface area contributed by atoms with E-state index in [0.29, 0.717) is 11.4 Å². The van der Waals surface area contributed by atoms with Crippen LogP contribution in [0.3, 0.4) is 0 Å². The quantitative estimate of drug-likeness (QED) is 0.491. The Morgan fingerprint density at radius 3 is 2.50 bits per heavy atom. The summed E-state index contributed by atoms with van der Waals surface area (Å²) < 4.78 is 0. The summed E-state index contributed by atoms with van der Waals surface area (Å²) in [4.78, 5) is 18.2. The molecule has 3 aromatic rings. The highest BCUT2D eigenvalue weighted by Crippen LogP contribution is 2.17. The summed E-state index contributed by atoms with van der Waals surface area (Å²) in [7, 11) is 0. The van der Waals surface area contributed by atoms with Crippen molar-refractivity contribution in [1.82, 2.24) is 10.4 Å². The van der Waals surface area contributed by atoms with Gasteiger partial charge in [-0.2, -0.15) is 5.10 Å². The zero-order chi connectivity index (χ0) is 19.8. The Morgan fingerprint density at radius 2 is 1.86 bits per heavy atom. The number of rotatable bonds is 7. The minimum Gasteiger partial charge on any atom is -0.384 e. The fraction of sp³-hybridized carbons (Fsp3) is 0.136. The van der Waals surface area contributed by atoms with Gasteiger partial charge in [0.15, 0.2) is 0 Å². The SMILES string of the molecule is CCN(Cc1ccccc1)c1ccc(/C=N/NC(=O)c2ccc(N)nc2)cc1. The third kappa shape index (κ3) is 5.17. The number of pyridine rings is 1. The average molecular weight is 373 g/mol. The first-order chi connectivity index (χ1) is 13.7. The van der Waals surface area contributed by atoms with Crippen LogP contribution in [0.25, 0.3) is 0 Å². The highest BCUT2D eigenvalue weighted by molar-refractivity contribution is 5.94. The predicted molar refractivity (Wildman–Crippen MR) is 113 cm³/mol. The summed E-state index contributed by atoms with van der Waals surface area (Å²) in [6, 6.07) is 21.6. The topological polar surface area (TPSA) is 83.6 Å². The molecular weight excluding hydrogens is 350 g/mol. The summed E-state index contributed by atoms with van der Waals surface area (Å²) in [5, 5.41) is 4.01. The standard InChI is InChI=1S/C22H23N5O/c1-2-27(16-18-6-4-3-5-7-18)20-11-8-17(9-12-20)14-25-26-22(28)19-10-13-21(23)24-15-19/h3-15H,2,16H2,1H3,(H2,23,24)(H,26,28)/b25-14+. The van der Waals surface area contributed by atoms with Gasteiger partial charge in [-0.3, -0.25) is 4.79 Å². The molecule has 0 saturated carbocycles. The number of anilines is 2. The van der Waals surface area contributed by atoms with Crippen molar-refractivity contribution in [1.29, 1.82) is 0 Å². The van der Waals surface area contributed by atoms with Gasteiger partial charge in [-0.05, 0) is 42.3 Å². The van der Waals surface area contributed by atoms with Gasteiger partial charge in [0.25, 0.3) is 5.91 Å². The molecule has 6 nitrogen and oxygen atoms in total. The summed E-state index contributed by atoms with van der Waals surface area (Å²) >= 11 is 0. The molecule has 2 aromatic carbocycles. The van der Waals surface area contributed by atoms with Gasteiger partial charge in [-0.25, -0.2) is 10.4 Å². The first kappa shape index (κ1) is 19.1. The molecule has 0 atom stereocenters. The summed E-state index contributed by atoms with van der Waals surface area (Å²) in [5.41, 5.74) is 11.7. The molecule has 3 rings (SSSR count). The minimum absolute atomic E-state index is 0.333. The van der Waals surface area contributed by atoms with Crippen LogP contribution < -0.4 is 16.1 Å². The van der Waals surface area contributed by atoms with Crippen LogP contribution in [0.5, 0.6) is 0 Å². The van der Waals surface area contributed by atoms with E-state index in [4.69, 9.17) is 5.73 Å². The maximum atomic E-state index is 12.0. The van der Waals surface area contributed by atoms with Crippen molar-refractivity contribution < 1.29 is 4.79 Å². The average Bonchev–Trinajstić information content (AvgIpc) is 2.74. The number of nitrogens with one attached hydrogen (secondary N) is 1. The Morgan fingerprint density at radius 1 is 1.11 bits per heavy atom. The van der Waals surface area contributed by atoms with Crippen molar-refractivity contribution in [3.8, 4) is 0 Å². The Balaban J connectivity index is 1.59. The maximum absolute atomic E-state index is 12.0. The Bertz CT molecular complexity index is 921. The molecule has 142 valence electrons. The zero-order valence-electron chi connectivity index (χ0n) is 15.7. The normalized spacial score (nSPS) is 10.8. The molecule has 3 N–H and O–H groups in total. The molecule has 0 aliphatic heterocycles. The van der Waals surface area contributed by atoms with Crippen molar-refractivity contribution in [2.45, 2.75) is 13.5 Å². The number of hydrogen-bond donors (Lipinski definition) is 2. The van der Waals surface area contributed by atoms with Crippen molar-refractivity contribution in [2.75, 3.05) is 17.2 Å². The van der Waals surface area contributed by atoms with Gasteiger partial charge in [0.05, 0.1) is 11.8 Å². The van der Waals surface area contributed by atoms with Crippen molar-refractivity contribution >= 4 is 23.6 Å². The third-order valence-electron chi connectivity index (χ3n) is 4.28. The lowest BCUT2D eigenvalue weighted by Crippen LogP contribution is -2.21. The van der Waals surface area contributed by atoms with Gasteiger partial charge in [0.1, 0.15) is 5.82 Å². The second kappa shape index (κ2) is 9.32. The summed E-state index contributed by atoms with van der Waals surface area (Å²) in [6.45, 7) is 3.91. The third-order valence-corrected chi connectivity index (χ3v) is 4.28. The molecule has 1 heterocycles. The van der Waals surface area contributed by atoms with Crippen LogP contribution in [-0.2, 0) is 6.54 Å². The number of hydrogen-bond acceptors (Lipinski definition) is 5. The van der Waals surface area contributed by atoms with Crippen LogP contribution in [0, 0.1) is 0 Å². The zero-order valence-corrected chi connectivity index (χ0v) is 15.7. The van der Waals surface area contributed by atoms with E-state index in [2.05, 4.69) is 63.7 Å². The number of nitrogen functional groups attached to an aromatic ring is 1. The molecular formula is C22H23N5O. The van der Waals surface area contributed by atoms with Crippen LogP contribution in [0.2, 0.25) is 0 Å². The van der Waals surface area contributed by atoms with Gasteiger partial charge in [0.2, 0.25) is 0 Å². The molecule has 0 fully saturated rings. The fourth-order valence-electron chi connectivity index (χ4n) is 2.73. The Hall–Kier alpha value is -3.67. The van der Waals surface area contributed by atoms with Gasteiger partial charge >= 0.3 is 0 Å². The molecule has 0 spiro atoms.